The lowest BCUT2D eigenvalue weighted by molar-refractivity contribution is -0.149. The van der Waals surface area contributed by atoms with Gasteiger partial charge < -0.3 is 14.4 Å². The number of H-pyrrole nitrogens is 1. The summed E-state index contributed by atoms with van der Waals surface area (Å²) in [5.41, 5.74) is 5.60. The maximum atomic E-state index is 14.3. The molecule has 1 saturated heterocycles. The fourth-order valence-electron chi connectivity index (χ4n) is 6.37. The van der Waals surface area contributed by atoms with Crippen molar-refractivity contribution in [3.05, 3.63) is 59.2 Å². The highest BCUT2D eigenvalue weighted by molar-refractivity contribution is 5.99. The lowest BCUT2D eigenvalue weighted by Gasteiger charge is -2.35. The molecule has 2 aromatic heterocycles. The zero-order chi connectivity index (χ0) is 25.0. The van der Waals surface area contributed by atoms with Gasteiger partial charge in [-0.05, 0) is 99.7 Å². The molecule has 1 aliphatic carbocycles. The number of benzene rings is 2. The smallest absolute Gasteiger partial charge is 0.309 e. The van der Waals surface area contributed by atoms with Gasteiger partial charge >= 0.3 is 5.97 Å². The Morgan fingerprint density at radius 1 is 1.14 bits per heavy atom. The summed E-state index contributed by atoms with van der Waals surface area (Å²) in [6, 6.07) is 9.75. The van der Waals surface area contributed by atoms with Crippen LogP contribution in [0.15, 0.2) is 36.5 Å². The molecule has 0 spiro atoms. The van der Waals surface area contributed by atoms with Crippen LogP contribution in [-0.4, -0.2) is 39.1 Å². The predicted octanol–water partition coefficient (Wildman–Crippen LogP) is 6.60. The van der Waals surface area contributed by atoms with Gasteiger partial charge in [0.1, 0.15) is 5.82 Å². The monoisotopic (exact) mass is 489 g/mol. The highest BCUT2D eigenvalue weighted by atomic mass is 19.1. The van der Waals surface area contributed by atoms with Gasteiger partial charge in [0, 0.05) is 41.3 Å². The second-order valence-electron chi connectivity index (χ2n) is 10.9. The summed E-state index contributed by atoms with van der Waals surface area (Å²) in [5, 5.41) is 19.4. The topological polar surface area (TPSA) is 80.1 Å². The number of rotatable bonds is 4. The molecule has 7 heteroatoms. The number of carboxylic acids is 1. The van der Waals surface area contributed by atoms with E-state index in [9.17, 15) is 14.3 Å². The summed E-state index contributed by atoms with van der Waals surface area (Å²) in [6.45, 7) is 5.13. The van der Waals surface area contributed by atoms with Crippen LogP contribution in [0.4, 0.5) is 4.39 Å². The van der Waals surface area contributed by atoms with Crippen LogP contribution in [0, 0.1) is 18.2 Å². The van der Waals surface area contributed by atoms with E-state index in [0.29, 0.717) is 24.3 Å². The van der Waals surface area contributed by atoms with Crippen molar-refractivity contribution in [3.63, 3.8) is 0 Å². The number of aromatic amines is 1. The molecule has 0 atom stereocenters. The van der Waals surface area contributed by atoms with Gasteiger partial charge in [-0.25, -0.2) is 4.39 Å². The third kappa shape index (κ3) is 3.72. The number of carboxylic acid groups (broad SMARTS) is 1. The van der Waals surface area contributed by atoms with Gasteiger partial charge in [0.15, 0.2) is 0 Å². The molecular weight excluding hydrogens is 457 g/mol. The number of fused-ring (bicyclic) bond motifs is 2. The highest BCUT2D eigenvalue weighted by Gasteiger charge is 2.40. The number of carbonyl (C=O) groups is 1. The maximum absolute atomic E-state index is 14.3. The van der Waals surface area contributed by atoms with Gasteiger partial charge in [0.2, 0.25) is 0 Å². The Kier molecular flexibility index (Phi) is 5.63. The summed E-state index contributed by atoms with van der Waals surface area (Å²) in [4.78, 5) is 12.0. The number of ether oxygens (including phenoxy) is 1. The zero-order valence-electron chi connectivity index (χ0n) is 20.8. The van der Waals surface area contributed by atoms with Crippen LogP contribution in [0.5, 0.6) is 0 Å². The van der Waals surface area contributed by atoms with Gasteiger partial charge in [-0.1, -0.05) is 0 Å². The standard InChI is InChI=1S/C29H32FN3O3/c1-17-13-21(3-4-23(17)30)33-25-14-20-16-31-32-24(20)15-22(25)26(27(33)19-7-11-36-12-8-19)18-5-9-29(2,10-6-18)28(34)35/h3-4,13-16,18-19H,5-12H2,1-2H3,(H,31,32)(H,34,35). The molecule has 2 aliphatic rings. The normalized spacial score (nSPS) is 23.5. The number of aromatic nitrogens is 3. The summed E-state index contributed by atoms with van der Waals surface area (Å²) in [7, 11) is 0. The molecule has 6 rings (SSSR count). The second-order valence-corrected chi connectivity index (χ2v) is 10.9. The van der Waals surface area contributed by atoms with E-state index in [1.807, 2.05) is 32.2 Å². The Morgan fingerprint density at radius 3 is 2.58 bits per heavy atom. The summed E-state index contributed by atoms with van der Waals surface area (Å²) >= 11 is 0. The molecular formula is C29H32FN3O3. The van der Waals surface area contributed by atoms with Crippen molar-refractivity contribution < 1.29 is 19.0 Å². The highest BCUT2D eigenvalue weighted by Crippen LogP contribution is 2.49. The Morgan fingerprint density at radius 2 is 1.89 bits per heavy atom. The number of hydrogen-bond acceptors (Lipinski definition) is 3. The van der Waals surface area contributed by atoms with Crippen molar-refractivity contribution in [3.8, 4) is 5.69 Å². The molecule has 2 N–H and O–H groups in total. The SMILES string of the molecule is Cc1cc(-n2c(C3CCOCC3)c(C3CCC(C)(C(=O)O)CC3)c3cc4[nH]ncc4cc32)ccc1F. The fraction of sp³-hybridized carbons (Fsp3) is 0.448. The molecule has 0 radical (unpaired) electrons. The lowest BCUT2D eigenvalue weighted by atomic mass is 9.69. The first kappa shape index (κ1) is 23.2. The van der Waals surface area contributed by atoms with E-state index in [0.717, 1.165) is 61.0 Å². The number of aliphatic carboxylic acids is 1. The molecule has 6 nitrogen and oxygen atoms in total. The quantitative estimate of drug-likeness (QED) is 0.339. The average Bonchev–Trinajstić information content (AvgIpc) is 3.47. The average molecular weight is 490 g/mol. The maximum Gasteiger partial charge on any atom is 0.309 e. The minimum atomic E-state index is -0.700. The number of nitrogens with one attached hydrogen (secondary N) is 1. The van der Waals surface area contributed by atoms with Crippen LogP contribution in [0.1, 0.15) is 74.1 Å². The van der Waals surface area contributed by atoms with Crippen LogP contribution >= 0.6 is 0 Å². The predicted molar refractivity (Wildman–Crippen MR) is 137 cm³/mol. The van der Waals surface area contributed by atoms with Crippen molar-refractivity contribution in [2.45, 2.75) is 64.2 Å². The van der Waals surface area contributed by atoms with E-state index in [1.165, 1.54) is 16.6 Å². The molecule has 188 valence electrons. The summed E-state index contributed by atoms with van der Waals surface area (Å²) < 4.78 is 22.4. The Bertz CT molecular complexity index is 1460. The first-order chi connectivity index (χ1) is 17.4. The van der Waals surface area contributed by atoms with Crippen LogP contribution in [0.25, 0.3) is 27.5 Å². The van der Waals surface area contributed by atoms with Crippen molar-refractivity contribution in [2.24, 2.45) is 5.41 Å². The van der Waals surface area contributed by atoms with E-state index in [2.05, 4.69) is 26.9 Å². The van der Waals surface area contributed by atoms with Crippen molar-refractivity contribution >= 4 is 27.8 Å². The first-order valence-corrected chi connectivity index (χ1v) is 12.9. The number of nitrogens with zero attached hydrogens (tertiary/aromatic N) is 2. The third-order valence-electron chi connectivity index (χ3n) is 8.63. The molecule has 2 aromatic carbocycles. The molecule has 1 aliphatic heterocycles. The minimum absolute atomic E-state index is 0.208. The van der Waals surface area contributed by atoms with Gasteiger partial charge in [0.25, 0.3) is 0 Å². The first-order valence-electron chi connectivity index (χ1n) is 12.9. The summed E-state index contributed by atoms with van der Waals surface area (Å²) in [5.74, 6) is -0.328. The molecule has 2 fully saturated rings. The van der Waals surface area contributed by atoms with Crippen LogP contribution in [-0.2, 0) is 9.53 Å². The van der Waals surface area contributed by atoms with Crippen LogP contribution in [0.2, 0.25) is 0 Å². The fourth-order valence-corrected chi connectivity index (χ4v) is 6.37. The van der Waals surface area contributed by atoms with Gasteiger partial charge in [0.05, 0.1) is 22.6 Å². The largest absolute Gasteiger partial charge is 0.481 e. The van der Waals surface area contributed by atoms with Gasteiger partial charge in [-0.2, -0.15) is 5.10 Å². The molecule has 36 heavy (non-hydrogen) atoms. The van der Waals surface area contributed by atoms with Crippen LogP contribution < -0.4 is 0 Å². The zero-order valence-corrected chi connectivity index (χ0v) is 20.8. The minimum Gasteiger partial charge on any atom is -0.481 e. The van der Waals surface area contributed by atoms with Crippen LogP contribution in [0.3, 0.4) is 0 Å². The molecule has 0 unspecified atom stereocenters. The van der Waals surface area contributed by atoms with Crippen molar-refractivity contribution in [2.75, 3.05) is 13.2 Å². The molecule has 0 amide bonds. The van der Waals surface area contributed by atoms with E-state index < -0.39 is 11.4 Å². The van der Waals surface area contributed by atoms with E-state index in [-0.39, 0.29) is 11.7 Å². The Hall–Kier alpha value is -3.19. The number of aryl methyl sites for hydroxylation is 1. The lowest BCUT2D eigenvalue weighted by Crippen LogP contribution is -2.32. The van der Waals surface area contributed by atoms with E-state index >= 15 is 0 Å². The molecule has 3 heterocycles. The van der Waals surface area contributed by atoms with E-state index in [4.69, 9.17) is 4.74 Å². The number of halogens is 1. The number of hydrogen-bond donors (Lipinski definition) is 2. The van der Waals surface area contributed by atoms with E-state index in [1.54, 1.807) is 6.07 Å². The molecule has 1 saturated carbocycles. The second kappa shape index (κ2) is 8.73. The van der Waals surface area contributed by atoms with Gasteiger partial charge in [-0.15, -0.1) is 0 Å². The third-order valence-corrected chi connectivity index (χ3v) is 8.63. The van der Waals surface area contributed by atoms with Crippen molar-refractivity contribution in [1.29, 1.82) is 0 Å². The van der Waals surface area contributed by atoms with Gasteiger partial charge in [-0.3, -0.25) is 9.89 Å². The summed E-state index contributed by atoms with van der Waals surface area (Å²) in [6.07, 6.45) is 6.70. The Balaban J connectivity index is 1.61. The Labute approximate surface area is 209 Å². The van der Waals surface area contributed by atoms with Crippen molar-refractivity contribution in [1.82, 2.24) is 14.8 Å². The molecule has 4 aromatic rings. The molecule has 0 bridgehead atoms.